The van der Waals surface area contributed by atoms with Gasteiger partial charge in [-0.25, -0.2) is 0 Å². The molecule has 5 nitrogen and oxygen atoms in total. The van der Waals surface area contributed by atoms with Gasteiger partial charge in [0.15, 0.2) is 0 Å². The summed E-state index contributed by atoms with van der Waals surface area (Å²) in [6.07, 6.45) is 4.16. The minimum Gasteiger partial charge on any atom is -0.476 e. The average Bonchev–Trinajstić information content (AvgIpc) is 2.60. The SMILES string of the molecule is Cc1cc(N2CCC(COc3ccc(C(C)(C)C)nn3)CC2)ccn1. The molecule has 1 fully saturated rings. The van der Waals surface area contributed by atoms with Crippen molar-refractivity contribution < 1.29 is 4.74 Å². The Morgan fingerprint density at radius 3 is 2.48 bits per heavy atom. The van der Waals surface area contributed by atoms with Crippen molar-refractivity contribution in [1.82, 2.24) is 15.2 Å². The van der Waals surface area contributed by atoms with Crippen LogP contribution in [0.1, 0.15) is 45.0 Å². The van der Waals surface area contributed by atoms with Gasteiger partial charge in [0.1, 0.15) is 0 Å². The maximum atomic E-state index is 5.87. The van der Waals surface area contributed by atoms with Crippen LogP contribution in [-0.2, 0) is 5.41 Å². The highest BCUT2D eigenvalue weighted by atomic mass is 16.5. The van der Waals surface area contributed by atoms with Gasteiger partial charge in [0.05, 0.1) is 12.3 Å². The van der Waals surface area contributed by atoms with E-state index < -0.39 is 0 Å². The molecular formula is C20H28N4O. The highest BCUT2D eigenvalue weighted by Crippen LogP contribution is 2.24. The first-order valence-corrected chi connectivity index (χ1v) is 9.06. The monoisotopic (exact) mass is 340 g/mol. The third-order valence-electron chi connectivity index (χ3n) is 4.74. The number of anilines is 1. The minimum atomic E-state index is 0.0175. The van der Waals surface area contributed by atoms with Crippen molar-refractivity contribution in [2.75, 3.05) is 24.6 Å². The fourth-order valence-electron chi connectivity index (χ4n) is 3.09. The number of aromatic nitrogens is 3. The van der Waals surface area contributed by atoms with E-state index in [0.717, 1.165) is 37.3 Å². The lowest BCUT2D eigenvalue weighted by atomic mass is 9.92. The summed E-state index contributed by atoms with van der Waals surface area (Å²) >= 11 is 0. The largest absolute Gasteiger partial charge is 0.476 e. The molecule has 134 valence electrons. The number of aryl methyl sites for hydroxylation is 1. The Balaban J connectivity index is 1.48. The summed E-state index contributed by atoms with van der Waals surface area (Å²) in [5, 5.41) is 8.50. The molecule has 0 N–H and O–H groups in total. The molecule has 1 aliphatic rings. The van der Waals surface area contributed by atoms with Crippen LogP contribution in [0.2, 0.25) is 0 Å². The third kappa shape index (κ3) is 4.68. The molecule has 5 heteroatoms. The van der Waals surface area contributed by atoms with Crippen LogP contribution in [0.15, 0.2) is 30.5 Å². The lowest BCUT2D eigenvalue weighted by molar-refractivity contribution is 0.214. The number of piperidine rings is 1. The highest BCUT2D eigenvalue weighted by molar-refractivity contribution is 5.46. The third-order valence-corrected chi connectivity index (χ3v) is 4.74. The summed E-state index contributed by atoms with van der Waals surface area (Å²) in [6, 6.07) is 8.19. The quantitative estimate of drug-likeness (QED) is 0.848. The summed E-state index contributed by atoms with van der Waals surface area (Å²) < 4.78 is 5.87. The van der Waals surface area contributed by atoms with Gasteiger partial charge < -0.3 is 9.64 Å². The standard InChI is InChI=1S/C20H28N4O/c1-15-13-17(7-10-21-15)24-11-8-16(9-12-24)14-25-19-6-5-18(22-23-19)20(2,3)4/h5-7,10,13,16H,8-9,11-12,14H2,1-4H3. The second-order valence-electron chi connectivity index (χ2n) is 7.90. The summed E-state index contributed by atoms with van der Waals surface area (Å²) in [5.41, 5.74) is 3.35. The summed E-state index contributed by atoms with van der Waals surface area (Å²) in [4.78, 5) is 6.71. The van der Waals surface area contributed by atoms with Crippen LogP contribution < -0.4 is 9.64 Å². The molecule has 0 aliphatic carbocycles. The number of ether oxygens (including phenoxy) is 1. The number of nitrogens with zero attached hydrogens (tertiary/aromatic N) is 4. The van der Waals surface area contributed by atoms with E-state index in [4.69, 9.17) is 4.74 Å². The van der Waals surface area contributed by atoms with E-state index in [0.29, 0.717) is 18.4 Å². The number of hydrogen-bond acceptors (Lipinski definition) is 5. The Morgan fingerprint density at radius 2 is 1.88 bits per heavy atom. The molecule has 1 aliphatic heterocycles. The van der Waals surface area contributed by atoms with Gasteiger partial charge in [0, 0.05) is 42.1 Å². The Bertz CT molecular complexity index is 686. The maximum Gasteiger partial charge on any atom is 0.233 e. The zero-order valence-electron chi connectivity index (χ0n) is 15.7. The zero-order valence-corrected chi connectivity index (χ0v) is 15.7. The first-order valence-electron chi connectivity index (χ1n) is 9.06. The fourth-order valence-corrected chi connectivity index (χ4v) is 3.09. The van der Waals surface area contributed by atoms with E-state index in [9.17, 15) is 0 Å². The predicted molar refractivity (Wildman–Crippen MR) is 100 cm³/mol. The number of pyridine rings is 1. The Morgan fingerprint density at radius 1 is 1.12 bits per heavy atom. The molecule has 0 saturated carbocycles. The van der Waals surface area contributed by atoms with E-state index >= 15 is 0 Å². The summed E-state index contributed by atoms with van der Waals surface area (Å²) in [7, 11) is 0. The van der Waals surface area contributed by atoms with Gasteiger partial charge in [-0.2, -0.15) is 5.10 Å². The summed E-state index contributed by atoms with van der Waals surface area (Å²) in [5.74, 6) is 1.20. The van der Waals surface area contributed by atoms with E-state index in [2.05, 4.69) is 53.0 Å². The number of hydrogen-bond donors (Lipinski definition) is 0. The molecule has 0 bridgehead atoms. The molecule has 2 aromatic heterocycles. The molecule has 3 rings (SSSR count). The van der Waals surface area contributed by atoms with Crippen LogP contribution in [-0.4, -0.2) is 34.9 Å². The van der Waals surface area contributed by atoms with Crippen molar-refractivity contribution >= 4 is 5.69 Å². The second-order valence-corrected chi connectivity index (χ2v) is 7.90. The van der Waals surface area contributed by atoms with Crippen molar-refractivity contribution in [3.05, 3.63) is 41.9 Å². The lowest BCUT2D eigenvalue weighted by Gasteiger charge is -2.33. The number of rotatable bonds is 4. The molecule has 0 atom stereocenters. The van der Waals surface area contributed by atoms with Gasteiger partial charge in [0.25, 0.3) is 0 Å². The maximum absolute atomic E-state index is 5.87. The lowest BCUT2D eigenvalue weighted by Crippen LogP contribution is -2.35. The Labute approximate surface area is 150 Å². The van der Waals surface area contributed by atoms with Crippen molar-refractivity contribution in [2.45, 2.75) is 46.0 Å². The molecule has 1 saturated heterocycles. The molecule has 0 unspecified atom stereocenters. The molecule has 0 aromatic carbocycles. The highest BCUT2D eigenvalue weighted by Gasteiger charge is 2.21. The molecule has 25 heavy (non-hydrogen) atoms. The predicted octanol–water partition coefficient (Wildman–Crippen LogP) is 3.77. The average molecular weight is 340 g/mol. The smallest absolute Gasteiger partial charge is 0.233 e. The molecule has 0 radical (unpaired) electrons. The van der Waals surface area contributed by atoms with Crippen LogP contribution in [0.25, 0.3) is 0 Å². The van der Waals surface area contributed by atoms with Crippen molar-refractivity contribution in [2.24, 2.45) is 5.92 Å². The van der Waals surface area contributed by atoms with Gasteiger partial charge in [-0.3, -0.25) is 4.98 Å². The fraction of sp³-hybridized carbons (Fsp3) is 0.550. The first kappa shape index (κ1) is 17.6. The van der Waals surface area contributed by atoms with Gasteiger partial charge in [0.2, 0.25) is 5.88 Å². The van der Waals surface area contributed by atoms with Gasteiger partial charge in [-0.05, 0) is 43.9 Å². The van der Waals surface area contributed by atoms with Crippen molar-refractivity contribution in [1.29, 1.82) is 0 Å². The van der Waals surface area contributed by atoms with E-state index in [1.54, 1.807) is 0 Å². The first-order chi connectivity index (χ1) is 11.9. The Hall–Kier alpha value is -2.17. The Kier molecular flexibility index (Phi) is 5.21. The van der Waals surface area contributed by atoms with Crippen molar-refractivity contribution in [3.8, 4) is 5.88 Å². The van der Waals surface area contributed by atoms with Crippen LogP contribution in [0.4, 0.5) is 5.69 Å². The topological polar surface area (TPSA) is 51.1 Å². The molecule has 0 spiro atoms. The van der Waals surface area contributed by atoms with E-state index in [1.807, 2.05) is 25.3 Å². The van der Waals surface area contributed by atoms with Crippen LogP contribution in [0.3, 0.4) is 0 Å². The van der Waals surface area contributed by atoms with E-state index in [1.165, 1.54) is 5.69 Å². The zero-order chi connectivity index (χ0) is 17.9. The molecular weight excluding hydrogens is 312 g/mol. The molecule has 0 amide bonds. The van der Waals surface area contributed by atoms with Crippen LogP contribution >= 0.6 is 0 Å². The van der Waals surface area contributed by atoms with Gasteiger partial charge in [-0.1, -0.05) is 20.8 Å². The summed E-state index contributed by atoms with van der Waals surface area (Å²) in [6.45, 7) is 11.3. The normalized spacial score (nSPS) is 16.1. The second kappa shape index (κ2) is 7.38. The van der Waals surface area contributed by atoms with E-state index in [-0.39, 0.29) is 5.41 Å². The van der Waals surface area contributed by atoms with Gasteiger partial charge >= 0.3 is 0 Å². The minimum absolute atomic E-state index is 0.0175. The van der Waals surface area contributed by atoms with Crippen LogP contribution in [0.5, 0.6) is 5.88 Å². The van der Waals surface area contributed by atoms with Gasteiger partial charge in [-0.15, -0.1) is 5.10 Å². The van der Waals surface area contributed by atoms with Crippen LogP contribution in [0, 0.1) is 12.8 Å². The van der Waals surface area contributed by atoms with Crippen molar-refractivity contribution in [3.63, 3.8) is 0 Å². The molecule has 2 aromatic rings. The molecule has 3 heterocycles.